The Morgan fingerprint density at radius 3 is 2.69 bits per heavy atom. The van der Waals surface area contributed by atoms with Gasteiger partial charge in [-0.3, -0.25) is 4.98 Å². The second-order valence-corrected chi connectivity index (χ2v) is 7.31. The highest BCUT2D eigenvalue weighted by atomic mass is 16.5. The molecule has 8 nitrogen and oxygen atoms in total. The predicted octanol–water partition coefficient (Wildman–Crippen LogP) is 4.34. The van der Waals surface area contributed by atoms with Gasteiger partial charge in [-0.25, -0.2) is 4.79 Å². The maximum absolute atomic E-state index is 12.6. The van der Waals surface area contributed by atoms with Gasteiger partial charge in [-0.15, -0.1) is 0 Å². The summed E-state index contributed by atoms with van der Waals surface area (Å²) in [5, 5.41) is 3.97. The molecule has 0 fully saturated rings. The van der Waals surface area contributed by atoms with Crippen molar-refractivity contribution in [1.82, 2.24) is 19.7 Å². The number of rotatable bonds is 8. The Morgan fingerprint density at radius 1 is 1.16 bits per heavy atom. The van der Waals surface area contributed by atoms with E-state index in [-0.39, 0.29) is 12.6 Å². The van der Waals surface area contributed by atoms with E-state index in [4.69, 9.17) is 14.0 Å². The van der Waals surface area contributed by atoms with E-state index < -0.39 is 0 Å². The van der Waals surface area contributed by atoms with Crippen molar-refractivity contribution in [1.29, 1.82) is 0 Å². The van der Waals surface area contributed by atoms with E-state index in [0.717, 1.165) is 28.4 Å². The van der Waals surface area contributed by atoms with Gasteiger partial charge in [-0.1, -0.05) is 5.16 Å². The summed E-state index contributed by atoms with van der Waals surface area (Å²) in [5.74, 6) is 1.43. The number of aromatic nitrogens is 4. The summed E-state index contributed by atoms with van der Waals surface area (Å²) in [7, 11) is 1.63. The van der Waals surface area contributed by atoms with Crippen LogP contribution < -0.4 is 4.74 Å². The molecule has 3 aromatic heterocycles. The van der Waals surface area contributed by atoms with Crippen LogP contribution in [0.2, 0.25) is 0 Å². The second kappa shape index (κ2) is 9.47. The number of carbonyl (C=O) groups is 1. The molecule has 0 saturated carbocycles. The van der Waals surface area contributed by atoms with E-state index in [2.05, 4.69) is 15.1 Å². The van der Waals surface area contributed by atoms with Crippen LogP contribution in [0.4, 0.5) is 0 Å². The first kappa shape index (κ1) is 21.3. The van der Waals surface area contributed by atoms with Crippen LogP contribution >= 0.6 is 0 Å². The zero-order valence-corrected chi connectivity index (χ0v) is 18.2. The third kappa shape index (κ3) is 4.54. The van der Waals surface area contributed by atoms with E-state index in [9.17, 15) is 4.79 Å². The molecule has 0 amide bonds. The maximum atomic E-state index is 12.6. The molecule has 0 aliphatic rings. The van der Waals surface area contributed by atoms with Gasteiger partial charge < -0.3 is 18.6 Å². The molecule has 3 heterocycles. The third-order valence-electron chi connectivity index (χ3n) is 5.14. The maximum Gasteiger partial charge on any atom is 0.339 e. The van der Waals surface area contributed by atoms with Gasteiger partial charge in [0.05, 0.1) is 19.3 Å². The van der Waals surface area contributed by atoms with Gasteiger partial charge in [0, 0.05) is 41.5 Å². The van der Waals surface area contributed by atoms with Gasteiger partial charge in [0.2, 0.25) is 11.7 Å². The largest absolute Gasteiger partial charge is 0.497 e. The van der Waals surface area contributed by atoms with Crippen LogP contribution in [0.5, 0.6) is 5.75 Å². The van der Waals surface area contributed by atoms with Gasteiger partial charge in [0.25, 0.3) is 0 Å². The fourth-order valence-corrected chi connectivity index (χ4v) is 3.53. The molecule has 0 atom stereocenters. The highest BCUT2D eigenvalue weighted by Gasteiger charge is 2.18. The lowest BCUT2D eigenvalue weighted by atomic mass is 10.2. The third-order valence-corrected chi connectivity index (χ3v) is 5.14. The molecule has 32 heavy (non-hydrogen) atoms. The van der Waals surface area contributed by atoms with Crippen LogP contribution in [-0.4, -0.2) is 39.4 Å². The first-order valence-electron chi connectivity index (χ1n) is 10.3. The second-order valence-electron chi connectivity index (χ2n) is 7.31. The summed E-state index contributed by atoms with van der Waals surface area (Å²) >= 11 is 0. The molecule has 0 aliphatic heterocycles. The van der Waals surface area contributed by atoms with E-state index in [1.54, 1.807) is 19.5 Å². The van der Waals surface area contributed by atoms with Crippen molar-refractivity contribution < 1.29 is 18.8 Å². The fraction of sp³-hybridized carbons (Fsp3) is 0.250. The van der Waals surface area contributed by atoms with E-state index >= 15 is 0 Å². The Labute approximate surface area is 185 Å². The van der Waals surface area contributed by atoms with Crippen molar-refractivity contribution in [2.45, 2.75) is 26.7 Å². The van der Waals surface area contributed by atoms with Crippen LogP contribution in [-0.2, 0) is 11.2 Å². The molecule has 164 valence electrons. The van der Waals surface area contributed by atoms with Crippen LogP contribution in [0, 0.1) is 13.8 Å². The Kier molecular flexibility index (Phi) is 6.30. The average Bonchev–Trinajstić information content (AvgIpc) is 3.41. The number of benzene rings is 1. The van der Waals surface area contributed by atoms with Gasteiger partial charge >= 0.3 is 5.97 Å². The molecule has 0 bridgehead atoms. The summed E-state index contributed by atoms with van der Waals surface area (Å²) in [5.41, 5.74) is 4.08. The molecular formula is C24H24N4O4. The smallest absolute Gasteiger partial charge is 0.339 e. The molecule has 4 aromatic rings. The number of hydrogen-bond donors (Lipinski definition) is 0. The lowest BCUT2D eigenvalue weighted by Gasteiger charge is -2.10. The van der Waals surface area contributed by atoms with Crippen molar-refractivity contribution in [3.63, 3.8) is 0 Å². The number of nitrogens with zero attached hydrogens (tertiary/aromatic N) is 4. The van der Waals surface area contributed by atoms with Gasteiger partial charge in [-0.2, -0.15) is 4.98 Å². The van der Waals surface area contributed by atoms with E-state index in [1.807, 2.05) is 60.9 Å². The number of esters is 1. The summed E-state index contributed by atoms with van der Waals surface area (Å²) in [4.78, 5) is 21.1. The zero-order chi connectivity index (χ0) is 22.5. The fourth-order valence-electron chi connectivity index (χ4n) is 3.53. The monoisotopic (exact) mass is 432 g/mol. The molecule has 0 radical (unpaired) electrons. The first-order valence-corrected chi connectivity index (χ1v) is 10.3. The van der Waals surface area contributed by atoms with Gasteiger partial charge in [0.15, 0.2) is 0 Å². The zero-order valence-electron chi connectivity index (χ0n) is 18.2. The molecular weight excluding hydrogens is 408 g/mol. The molecule has 4 rings (SSSR count). The number of pyridine rings is 1. The number of carbonyl (C=O) groups excluding carboxylic acids is 1. The van der Waals surface area contributed by atoms with Crippen molar-refractivity contribution in [3.05, 3.63) is 77.7 Å². The van der Waals surface area contributed by atoms with Crippen LogP contribution in [0.15, 0.2) is 59.4 Å². The molecule has 0 spiro atoms. The molecule has 0 aliphatic carbocycles. The van der Waals surface area contributed by atoms with Crippen molar-refractivity contribution >= 4 is 5.97 Å². The topological polar surface area (TPSA) is 92.3 Å². The molecule has 0 saturated heterocycles. The van der Waals surface area contributed by atoms with Crippen LogP contribution in [0.25, 0.3) is 17.1 Å². The summed E-state index contributed by atoms with van der Waals surface area (Å²) in [6.45, 7) is 4.13. The van der Waals surface area contributed by atoms with E-state index in [0.29, 0.717) is 30.1 Å². The molecule has 1 aromatic carbocycles. The Hall–Kier alpha value is -3.94. The Morgan fingerprint density at radius 2 is 1.97 bits per heavy atom. The highest BCUT2D eigenvalue weighted by Crippen LogP contribution is 2.23. The minimum Gasteiger partial charge on any atom is -0.497 e. The minimum atomic E-state index is -0.348. The van der Waals surface area contributed by atoms with Gasteiger partial charge in [0.1, 0.15) is 5.75 Å². The SMILES string of the molecule is COc1ccc(-n2c(C)cc(C(=O)OCCCc3nc(-c4cccnc4)no3)c2C)cc1. The standard InChI is InChI=1S/C24H24N4O4/c1-16-14-21(17(2)28(16)19-8-10-20(30-3)11-9-19)24(29)31-13-5-7-22-26-23(27-32-22)18-6-4-12-25-15-18/h4,6,8-12,14-15H,5,7,13H2,1-3H3. The van der Waals surface area contributed by atoms with Crippen LogP contribution in [0.1, 0.15) is 34.1 Å². The van der Waals surface area contributed by atoms with Crippen molar-refractivity contribution in [2.24, 2.45) is 0 Å². The average molecular weight is 432 g/mol. The van der Waals surface area contributed by atoms with Crippen molar-refractivity contribution in [2.75, 3.05) is 13.7 Å². The number of ether oxygens (including phenoxy) is 2. The number of hydrogen-bond acceptors (Lipinski definition) is 7. The summed E-state index contributed by atoms with van der Waals surface area (Å²) in [6.07, 6.45) is 4.47. The number of methoxy groups -OCH3 is 1. The highest BCUT2D eigenvalue weighted by molar-refractivity contribution is 5.91. The molecule has 0 N–H and O–H groups in total. The summed E-state index contributed by atoms with van der Waals surface area (Å²) < 4.78 is 18.0. The van der Waals surface area contributed by atoms with Crippen molar-refractivity contribution in [3.8, 4) is 22.8 Å². The van der Waals surface area contributed by atoms with Gasteiger partial charge in [-0.05, 0) is 62.7 Å². The first-order chi connectivity index (χ1) is 15.6. The Bertz CT molecular complexity index is 1200. The van der Waals surface area contributed by atoms with E-state index in [1.165, 1.54) is 0 Å². The predicted molar refractivity (Wildman–Crippen MR) is 118 cm³/mol. The lowest BCUT2D eigenvalue weighted by molar-refractivity contribution is 0.0497. The quantitative estimate of drug-likeness (QED) is 0.302. The Balaban J connectivity index is 1.34. The molecule has 8 heteroatoms. The number of aryl methyl sites for hydroxylation is 2. The molecule has 0 unspecified atom stereocenters. The normalized spacial score (nSPS) is 10.8. The summed E-state index contributed by atoms with van der Waals surface area (Å²) in [6, 6.07) is 13.2. The minimum absolute atomic E-state index is 0.260. The van der Waals surface area contributed by atoms with Crippen LogP contribution in [0.3, 0.4) is 0 Å². The lowest BCUT2D eigenvalue weighted by Crippen LogP contribution is -2.09.